The van der Waals surface area contributed by atoms with Crippen LogP contribution in [0.5, 0.6) is 0 Å². The van der Waals surface area contributed by atoms with E-state index >= 15 is 0 Å². The number of hydrogen-bond donors (Lipinski definition) is 0. The molecule has 0 N–H and O–H groups in total. The largest absolute Gasteiger partial charge is 0.345 e. The minimum Gasteiger partial charge on any atom is -0.345 e. The van der Waals surface area contributed by atoms with Crippen molar-refractivity contribution in [2.24, 2.45) is 5.92 Å². The number of aromatic nitrogens is 2. The standard InChI is InChI=1S/C12H20ClN3S/c1-8-5-6-16(7-9(8)13)11-14-10(15-17-11)12(2,3)4/h8-9H,5-7H2,1-4H3. The van der Waals surface area contributed by atoms with Crippen LogP contribution in [0.15, 0.2) is 0 Å². The van der Waals surface area contributed by atoms with Crippen molar-refractivity contribution in [1.29, 1.82) is 0 Å². The molecule has 1 aromatic heterocycles. The van der Waals surface area contributed by atoms with Gasteiger partial charge in [-0.25, -0.2) is 4.98 Å². The van der Waals surface area contributed by atoms with Gasteiger partial charge >= 0.3 is 0 Å². The van der Waals surface area contributed by atoms with Crippen LogP contribution in [-0.2, 0) is 5.41 Å². The van der Waals surface area contributed by atoms with Gasteiger partial charge in [-0.2, -0.15) is 4.37 Å². The Hall–Kier alpha value is -0.350. The van der Waals surface area contributed by atoms with Crippen LogP contribution in [0.4, 0.5) is 5.13 Å². The highest BCUT2D eigenvalue weighted by molar-refractivity contribution is 7.09. The van der Waals surface area contributed by atoms with Crippen molar-refractivity contribution in [3.63, 3.8) is 0 Å². The average molecular weight is 274 g/mol. The first-order chi connectivity index (χ1) is 7.88. The van der Waals surface area contributed by atoms with Crippen molar-refractivity contribution in [2.45, 2.75) is 44.9 Å². The zero-order valence-electron chi connectivity index (χ0n) is 10.9. The van der Waals surface area contributed by atoms with Crippen LogP contribution >= 0.6 is 23.1 Å². The van der Waals surface area contributed by atoms with E-state index in [1.165, 1.54) is 11.5 Å². The molecule has 3 nitrogen and oxygen atoms in total. The molecule has 0 radical (unpaired) electrons. The van der Waals surface area contributed by atoms with Crippen molar-refractivity contribution < 1.29 is 0 Å². The summed E-state index contributed by atoms with van der Waals surface area (Å²) in [4.78, 5) is 6.91. The smallest absolute Gasteiger partial charge is 0.205 e. The Morgan fingerprint density at radius 1 is 1.41 bits per heavy atom. The predicted octanol–water partition coefficient (Wildman–Crippen LogP) is 3.29. The Bertz CT molecular complexity index is 385. The third-order valence-electron chi connectivity index (χ3n) is 3.22. The third kappa shape index (κ3) is 2.91. The molecule has 0 spiro atoms. The zero-order valence-corrected chi connectivity index (χ0v) is 12.5. The van der Waals surface area contributed by atoms with Crippen LogP contribution in [0.25, 0.3) is 0 Å². The molecule has 1 aliphatic rings. The summed E-state index contributed by atoms with van der Waals surface area (Å²) >= 11 is 7.82. The summed E-state index contributed by atoms with van der Waals surface area (Å²) in [7, 11) is 0. The lowest BCUT2D eigenvalue weighted by Gasteiger charge is -2.33. The highest BCUT2D eigenvalue weighted by Gasteiger charge is 2.27. The molecule has 2 unspecified atom stereocenters. The third-order valence-corrected chi connectivity index (χ3v) is 4.57. The molecule has 96 valence electrons. The molecule has 5 heteroatoms. The van der Waals surface area contributed by atoms with Gasteiger partial charge in [-0.3, -0.25) is 0 Å². The van der Waals surface area contributed by atoms with E-state index in [1.54, 1.807) is 0 Å². The van der Waals surface area contributed by atoms with E-state index in [1.807, 2.05) is 0 Å². The fourth-order valence-corrected chi connectivity index (χ4v) is 3.03. The molecule has 1 aliphatic heterocycles. The van der Waals surface area contributed by atoms with Crippen LogP contribution in [0.2, 0.25) is 0 Å². The van der Waals surface area contributed by atoms with Crippen LogP contribution in [0, 0.1) is 5.92 Å². The first-order valence-corrected chi connectivity index (χ1v) is 7.32. The highest BCUT2D eigenvalue weighted by atomic mass is 35.5. The Balaban J connectivity index is 2.11. The fraction of sp³-hybridized carbons (Fsp3) is 0.833. The maximum atomic E-state index is 6.32. The zero-order chi connectivity index (χ0) is 12.6. The van der Waals surface area contributed by atoms with Crippen LogP contribution in [0.1, 0.15) is 39.9 Å². The maximum Gasteiger partial charge on any atom is 0.205 e. The number of halogens is 1. The van der Waals surface area contributed by atoms with Crippen molar-refractivity contribution in [3.8, 4) is 0 Å². The van der Waals surface area contributed by atoms with Crippen LogP contribution in [0.3, 0.4) is 0 Å². The molecule has 2 heterocycles. The summed E-state index contributed by atoms with van der Waals surface area (Å²) in [5, 5.41) is 1.25. The first kappa shape index (κ1) is 13.1. The molecule has 0 bridgehead atoms. The van der Waals surface area contributed by atoms with Gasteiger partial charge in [0, 0.05) is 30.0 Å². The van der Waals surface area contributed by atoms with Gasteiger partial charge in [-0.05, 0) is 12.3 Å². The summed E-state index contributed by atoms with van der Waals surface area (Å²) in [6.07, 6.45) is 1.14. The molecule has 2 rings (SSSR count). The molecular formula is C12H20ClN3S. The van der Waals surface area contributed by atoms with Crippen molar-refractivity contribution in [3.05, 3.63) is 5.82 Å². The van der Waals surface area contributed by atoms with E-state index in [2.05, 4.69) is 42.0 Å². The Morgan fingerprint density at radius 2 is 2.12 bits per heavy atom. The average Bonchev–Trinajstić information content (AvgIpc) is 2.70. The van der Waals surface area contributed by atoms with Gasteiger partial charge in [-0.15, -0.1) is 11.6 Å². The van der Waals surface area contributed by atoms with Gasteiger partial charge in [0.05, 0.1) is 5.38 Å². The number of alkyl halides is 1. The van der Waals surface area contributed by atoms with Gasteiger partial charge < -0.3 is 4.90 Å². The van der Waals surface area contributed by atoms with Gasteiger partial charge in [0.1, 0.15) is 5.82 Å². The van der Waals surface area contributed by atoms with Gasteiger partial charge in [0.2, 0.25) is 5.13 Å². The van der Waals surface area contributed by atoms with E-state index < -0.39 is 0 Å². The van der Waals surface area contributed by atoms with Gasteiger partial charge in [0.15, 0.2) is 0 Å². The van der Waals surface area contributed by atoms with Gasteiger partial charge in [-0.1, -0.05) is 27.7 Å². The number of anilines is 1. The predicted molar refractivity (Wildman–Crippen MR) is 74.2 cm³/mol. The SMILES string of the molecule is CC1CCN(c2nc(C(C)(C)C)ns2)CC1Cl. The molecule has 1 fully saturated rings. The van der Waals surface area contributed by atoms with Crippen molar-refractivity contribution >= 4 is 28.3 Å². The molecule has 0 amide bonds. The quantitative estimate of drug-likeness (QED) is 0.736. The van der Waals surface area contributed by atoms with E-state index in [9.17, 15) is 0 Å². The normalized spacial score (nSPS) is 26.3. The maximum absolute atomic E-state index is 6.32. The van der Waals surface area contributed by atoms with Crippen molar-refractivity contribution in [1.82, 2.24) is 9.36 Å². The highest BCUT2D eigenvalue weighted by Crippen LogP contribution is 2.29. The topological polar surface area (TPSA) is 29.0 Å². The minimum atomic E-state index is 0.0260. The summed E-state index contributed by atoms with van der Waals surface area (Å²) in [6, 6.07) is 0. The second-order valence-corrected chi connectivity index (χ2v) is 7.17. The van der Waals surface area contributed by atoms with E-state index in [-0.39, 0.29) is 10.8 Å². The number of hydrogen-bond acceptors (Lipinski definition) is 4. The molecule has 2 atom stereocenters. The van der Waals surface area contributed by atoms with E-state index in [0.29, 0.717) is 5.92 Å². The fourth-order valence-electron chi connectivity index (χ4n) is 1.84. The van der Waals surface area contributed by atoms with Gasteiger partial charge in [0.25, 0.3) is 0 Å². The van der Waals surface area contributed by atoms with E-state index in [4.69, 9.17) is 11.6 Å². The molecule has 0 saturated carbocycles. The Labute approximate surface area is 112 Å². The first-order valence-electron chi connectivity index (χ1n) is 6.11. The number of rotatable bonds is 1. The summed E-state index contributed by atoms with van der Waals surface area (Å²) in [5.74, 6) is 1.53. The minimum absolute atomic E-state index is 0.0260. The lowest BCUT2D eigenvalue weighted by Crippen LogP contribution is -2.40. The lowest BCUT2D eigenvalue weighted by molar-refractivity contribution is 0.444. The molecule has 1 aromatic rings. The second-order valence-electron chi connectivity index (χ2n) is 5.88. The van der Waals surface area contributed by atoms with Crippen LogP contribution < -0.4 is 4.90 Å². The van der Waals surface area contributed by atoms with Crippen LogP contribution in [-0.4, -0.2) is 27.8 Å². The number of nitrogens with zero attached hydrogens (tertiary/aromatic N) is 3. The summed E-state index contributed by atoms with van der Waals surface area (Å²) < 4.78 is 4.45. The Morgan fingerprint density at radius 3 is 2.65 bits per heavy atom. The molecule has 1 saturated heterocycles. The lowest BCUT2D eigenvalue weighted by atomic mass is 9.96. The molecule has 0 aromatic carbocycles. The monoisotopic (exact) mass is 273 g/mol. The second kappa shape index (κ2) is 4.73. The Kier molecular flexibility index (Phi) is 3.64. The molecule has 0 aliphatic carbocycles. The molecule has 17 heavy (non-hydrogen) atoms. The summed E-state index contributed by atoms with van der Waals surface area (Å²) in [5.41, 5.74) is 0.0260. The summed E-state index contributed by atoms with van der Waals surface area (Å²) in [6.45, 7) is 10.6. The number of piperidine rings is 1. The van der Waals surface area contributed by atoms with Crippen molar-refractivity contribution in [2.75, 3.05) is 18.0 Å². The van der Waals surface area contributed by atoms with E-state index in [0.717, 1.165) is 30.5 Å². The molecular weight excluding hydrogens is 254 g/mol.